The summed E-state index contributed by atoms with van der Waals surface area (Å²) < 4.78 is 29.6. The Kier molecular flexibility index (Phi) is 4.74. The average Bonchev–Trinajstić information content (AvgIpc) is 3.15. The van der Waals surface area contributed by atoms with Gasteiger partial charge in [0, 0.05) is 22.9 Å². The zero-order valence-corrected chi connectivity index (χ0v) is 17.6. The van der Waals surface area contributed by atoms with Crippen LogP contribution in [-0.2, 0) is 15.3 Å². The molecule has 4 rings (SSSR count). The van der Waals surface area contributed by atoms with Gasteiger partial charge in [0.25, 0.3) is 5.89 Å². The predicted octanol–water partition coefficient (Wildman–Crippen LogP) is 2.36. The number of anilines is 3. The number of nitrogen functional groups attached to an aromatic ring is 1. The first kappa shape index (κ1) is 20.2. The van der Waals surface area contributed by atoms with Crippen molar-refractivity contribution >= 4 is 27.3 Å². The zero-order chi connectivity index (χ0) is 21.7. The molecule has 0 saturated heterocycles. The molecule has 3 heterocycles. The maximum absolute atomic E-state index is 12.2. The highest BCUT2D eigenvalue weighted by Crippen LogP contribution is 2.34. The van der Waals surface area contributed by atoms with Gasteiger partial charge >= 0.3 is 0 Å². The molecule has 1 aliphatic rings. The maximum Gasteiger partial charge on any atom is 0.263 e. The lowest BCUT2D eigenvalue weighted by atomic mass is 9.96. The number of fused-ring (bicyclic) bond motifs is 1. The molecule has 1 aliphatic heterocycles. The molecular weight excluding hydrogens is 408 g/mol. The summed E-state index contributed by atoms with van der Waals surface area (Å²) in [6.07, 6.45) is 0.799. The highest BCUT2D eigenvalue weighted by atomic mass is 32.2. The van der Waals surface area contributed by atoms with Crippen LogP contribution >= 0.6 is 0 Å². The number of sulfone groups is 1. The topological polar surface area (TPSA) is 157 Å². The Morgan fingerprint density at radius 1 is 1.27 bits per heavy atom. The van der Waals surface area contributed by atoms with E-state index in [9.17, 15) is 13.5 Å². The van der Waals surface area contributed by atoms with E-state index >= 15 is 0 Å². The van der Waals surface area contributed by atoms with Gasteiger partial charge in [0.05, 0.1) is 16.8 Å². The van der Waals surface area contributed by atoms with Crippen molar-refractivity contribution in [2.24, 2.45) is 0 Å². The SMILES string of the molecule is CC(C)(C)c1noc(-c2cnc(Nc3ccc4c(c3)C(O)CCS4(=O)=O)nc2N)n1. The molecule has 0 aliphatic carbocycles. The maximum atomic E-state index is 12.2. The fourth-order valence-corrected chi connectivity index (χ4v) is 4.67. The van der Waals surface area contributed by atoms with Crippen molar-refractivity contribution in [1.82, 2.24) is 20.1 Å². The molecule has 10 nitrogen and oxygen atoms in total. The van der Waals surface area contributed by atoms with E-state index in [0.717, 1.165) is 0 Å². The molecule has 1 unspecified atom stereocenters. The number of nitrogens with one attached hydrogen (secondary N) is 1. The Labute approximate surface area is 173 Å². The van der Waals surface area contributed by atoms with Crippen LogP contribution in [0.25, 0.3) is 11.5 Å². The van der Waals surface area contributed by atoms with Crippen LogP contribution in [0, 0.1) is 0 Å². The minimum atomic E-state index is -3.38. The molecule has 0 spiro atoms. The number of aromatic nitrogens is 4. The van der Waals surface area contributed by atoms with Gasteiger partial charge in [-0.2, -0.15) is 9.97 Å². The van der Waals surface area contributed by atoms with E-state index in [2.05, 4.69) is 25.4 Å². The Bertz CT molecular complexity index is 1220. The molecule has 0 saturated carbocycles. The number of hydrogen-bond acceptors (Lipinski definition) is 10. The number of aliphatic hydroxyl groups is 1. The molecule has 3 aromatic rings. The number of nitrogens with zero attached hydrogens (tertiary/aromatic N) is 4. The lowest BCUT2D eigenvalue weighted by molar-refractivity contribution is 0.168. The lowest BCUT2D eigenvalue weighted by Gasteiger charge is -2.22. The Morgan fingerprint density at radius 3 is 2.70 bits per heavy atom. The molecule has 30 heavy (non-hydrogen) atoms. The summed E-state index contributed by atoms with van der Waals surface area (Å²) >= 11 is 0. The van der Waals surface area contributed by atoms with E-state index in [0.29, 0.717) is 22.6 Å². The van der Waals surface area contributed by atoms with Crippen LogP contribution in [0.3, 0.4) is 0 Å². The molecule has 4 N–H and O–H groups in total. The summed E-state index contributed by atoms with van der Waals surface area (Å²) in [5.41, 5.74) is 7.08. The van der Waals surface area contributed by atoms with Crippen LogP contribution in [-0.4, -0.2) is 39.4 Å². The standard InChI is InChI=1S/C19H22N6O4S/c1-19(2,3)17-24-16(29-25-17)12-9-21-18(23-15(12)20)22-10-4-5-14-11(8-10)13(26)6-7-30(14,27)28/h4-5,8-9,13,26H,6-7H2,1-3H3,(H3,20,21,22,23). The first-order chi connectivity index (χ1) is 14.0. The molecule has 0 bridgehead atoms. The second-order valence-corrected chi connectivity index (χ2v) is 10.2. The van der Waals surface area contributed by atoms with Crippen molar-refractivity contribution in [1.29, 1.82) is 0 Å². The van der Waals surface area contributed by atoms with E-state index in [1.807, 2.05) is 20.8 Å². The Morgan fingerprint density at radius 2 is 2.03 bits per heavy atom. The quantitative estimate of drug-likeness (QED) is 0.563. The van der Waals surface area contributed by atoms with Crippen molar-refractivity contribution in [3.8, 4) is 11.5 Å². The minimum Gasteiger partial charge on any atom is -0.388 e. The van der Waals surface area contributed by atoms with Gasteiger partial charge in [-0.15, -0.1) is 0 Å². The van der Waals surface area contributed by atoms with Crippen molar-refractivity contribution in [2.75, 3.05) is 16.8 Å². The van der Waals surface area contributed by atoms with Gasteiger partial charge in [0.15, 0.2) is 15.7 Å². The van der Waals surface area contributed by atoms with Gasteiger partial charge in [-0.1, -0.05) is 25.9 Å². The third-order valence-electron chi connectivity index (χ3n) is 4.77. The molecule has 0 fully saturated rings. The van der Waals surface area contributed by atoms with Gasteiger partial charge in [-0.25, -0.2) is 13.4 Å². The summed E-state index contributed by atoms with van der Waals surface area (Å²) in [7, 11) is -3.38. The molecule has 1 atom stereocenters. The van der Waals surface area contributed by atoms with E-state index in [4.69, 9.17) is 10.3 Å². The van der Waals surface area contributed by atoms with E-state index in [-0.39, 0.29) is 40.1 Å². The van der Waals surface area contributed by atoms with Crippen molar-refractivity contribution in [2.45, 2.75) is 43.6 Å². The molecular formula is C19H22N6O4S. The van der Waals surface area contributed by atoms with Crippen LogP contribution in [0.2, 0.25) is 0 Å². The summed E-state index contributed by atoms with van der Waals surface area (Å²) in [6, 6.07) is 4.65. The summed E-state index contributed by atoms with van der Waals surface area (Å²) in [6.45, 7) is 5.90. The molecule has 0 amide bonds. The van der Waals surface area contributed by atoms with Gasteiger partial charge in [-0.05, 0) is 24.6 Å². The molecule has 2 aromatic heterocycles. The lowest BCUT2D eigenvalue weighted by Crippen LogP contribution is -2.20. The van der Waals surface area contributed by atoms with Crippen LogP contribution < -0.4 is 11.1 Å². The summed E-state index contributed by atoms with van der Waals surface area (Å²) in [5, 5.41) is 17.1. The molecule has 1 aromatic carbocycles. The van der Waals surface area contributed by atoms with Crippen LogP contribution in [0.1, 0.15) is 44.7 Å². The second kappa shape index (κ2) is 7.03. The molecule has 11 heteroatoms. The van der Waals surface area contributed by atoms with Gasteiger partial charge in [0.2, 0.25) is 5.95 Å². The third-order valence-corrected chi connectivity index (χ3v) is 6.58. The first-order valence-corrected chi connectivity index (χ1v) is 11.0. The summed E-state index contributed by atoms with van der Waals surface area (Å²) in [4.78, 5) is 13.0. The van der Waals surface area contributed by atoms with E-state index < -0.39 is 15.9 Å². The fraction of sp³-hybridized carbons (Fsp3) is 0.368. The fourth-order valence-electron chi connectivity index (χ4n) is 3.09. The van der Waals surface area contributed by atoms with Gasteiger partial charge in [-0.3, -0.25) is 0 Å². The van der Waals surface area contributed by atoms with Crippen molar-refractivity contribution < 1.29 is 18.0 Å². The van der Waals surface area contributed by atoms with Crippen molar-refractivity contribution in [3.05, 3.63) is 35.8 Å². The van der Waals surface area contributed by atoms with Crippen LogP contribution in [0.5, 0.6) is 0 Å². The monoisotopic (exact) mass is 430 g/mol. The first-order valence-electron chi connectivity index (χ1n) is 9.33. The second-order valence-electron chi connectivity index (χ2n) is 8.17. The molecule has 158 valence electrons. The number of hydrogen-bond donors (Lipinski definition) is 3. The number of rotatable bonds is 3. The number of benzene rings is 1. The Balaban J connectivity index is 1.60. The average molecular weight is 430 g/mol. The predicted molar refractivity (Wildman–Crippen MR) is 110 cm³/mol. The largest absolute Gasteiger partial charge is 0.388 e. The highest BCUT2D eigenvalue weighted by Gasteiger charge is 2.29. The number of aliphatic hydroxyl groups excluding tert-OH is 1. The molecule has 0 radical (unpaired) electrons. The van der Waals surface area contributed by atoms with Crippen LogP contribution in [0.4, 0.5) is 17.5 Å². The van der Waals surface area contributed by atoms with E-state index in [1.165, 1.54) is 12.3 Å². The normalized spacial score (nSPS) is 18.1. The number of nitrogens with two attached hydrogens (primary N) is 1. The third kappa shape index (κ3) is 3.73. The smallest absolute Gasteiger partial charge is 0.263 e. The Hall–Kier alpha value is -3.05. The minimum absolute atomic E-state index is 0.0678. The highest BCUT2D eigenvalue weighted by molar-refractivity contribution is 7.91. The van der Waals surface area contributed by atoms with Gasteiger partial charge in [0.1, 0.15) is 11.4 Å². The zero-order valence-electron chi connectivity index (χ0n) is 16.7. The van der Waals surface area contributed by atoms with Crippen LogP contribution in [0.15, 0.2) is 33.8 Å². The summed E-state index contributed by atoms with van der Waals surface area (Å²) in [5.74, 6) is 1.06. The van der Waals surface area contributed by atoms with Crippen molar-refractivity contribution in [3.63, 3.8) is 0 Å². The van der Waals surface area contributed by atoms with E-state index in [1.54, 1.807) is 12.1 Å². The van der Waals surface area contributed by atoms with Gasteiger partial charge < -0.3 is 20.7 Å².